The molecule has 1 aromatic carbocycles. The summed E-state index contributed by atoms with van der Waals surface area (Å²) in [6.45, 7) is 0. The Morgan fingerprint density at radius 1 is 0.950 bits per heavy atom. The van der Waals surface area contributed by atoms with Crippen LogP contribution >= 0.6 is 0 Å². The third-order valence-corrected chi connectivity index (χ3v) is 3.22. The Labute approximate surface area is 117 Å². The van der Waals surface area contributed by atoms with Crippen LogP contribution in [0.1, 0.15) is 17.3 Å². The predicted molar refractivity (Wildman–Crippen MR) is 78.4 cm³/mol. The molecular weight excluding hydrogens is 248 g/mol. The molecule has 2 N–H and O–H groups in total. The van der Waals surface area contributed by atoms with Gasteiger partial charge < -0.3 is 5.73 Å². The second kappa shape index (κ2) is 5.67. The standard InChI is InChI=1S/C16H16N4/c17-14(12-13-6-2-1-3-7-13)15-9-11-19-20(15)16-8-4-5-10-18-16/h1-11,14H,12,17H2/t14-/m0/s1. The van der Waals surface area contributed by atoms with Gasteiger partial charge in [0.15, 0.2) is 5.82 Å². The van der Waals surface area contributed by atoms with Gasteiger partial charge in [0.2, 0.25) is 0 Å². The van der Waals surface area contributed by atoms with E-state index in [0.29, 0.717) is 0 Å². The fourth-order valence-electron chi connectivity index (χ4n) is 2.24. The van der Waals surface area contributed by atoms with E-state index in [4.69, 9.17) is 5.73 Å². The molecule has 0 spiro atoms. The second-order valence-electron chi connectivity index (χ2n) is 4.65. The third-order valence-electron chi connectivity index (χ3n) is 3.22. The summed E-state index contributed by atoms with van der Waals surface area (Å²) in [5, 5.41) is 4.32. The molecular formula is C16H16N4. The van der Waals surface area contributed by atoms with Gasteiger partial charge in [-0.3, -0.25) is 0 Å². The van der Waals surface area contributed by atoms with Gasteiger partial charge in [-0.25, -0.2) is 9.67 Å². The highest BCUT2D eigenvalue weighted by atomic mass is 15.3. The van der Waals surface area contributed by atoms with Crippen LogP contribution in [0.15, 0.2) is 67.0 Å². The molecule has 0 aliphatic carbocycles. The first-order valence-corrected chi connectivity index (χ1v) is 6.59. The highest BCUT2D eigenvalue weighted by Gasteiger charge is 2.14. The van der Waals surface area contributed by atoms with Gasteiger partial charge in [-0.05, 0) is 30.2 Å². The zero-order chi connectivity index (χ0) is 13.8. The maximum Gasteiger partial charge on any atom is 0.153 e. The third kappa shape index (κ3) is 2.60. The topological polar surface area (TPSA) is 56.7 Å². The van der Waals surface area contributed by atoms with E-state index in [-0.39, 0.29) is 6.04 Å². The minimum atomic E-state index is -0.109. The number of rotatable bonds is 4. The first kappa shape index (κ1) is 12.6. The molecule has 0 fully saturated rings. The molecule has 20 heavy (non-hydrogen) atoms. The summed E-state index contributed by atoms with van der Waals surface area (Å²) in [5.74, 6) is 0.788. The number of hydrogen-bond donors (Lipinski definition) is 1. The van der Waals surface area contributed by atoms with Crippen LogP contribution in [0, 0.1) is 0 Å². The van der Waals surface area contributed by atoms with Crippen LogP contribution in [-0.2, 0) is 6.42 Å². The monoisotopic (exact) mass is 264 g/mol. The highest BCUT2D eigenvalue weighted by Crippen LogP contribution is 2.18. The molecule has 3 rings (SSSR count). The Morgan fingerprint density at radius 3 is 2.50 bits per heavy atom. The number of pyridine rings is 1. The first-order chi connectivity index (χ1) is 9.84. The predicted octanol–water partition coefficient (Wildman–Crippen LogP) is 2.51. The van der Waals surface area contributed by atoms with E-state index in [1.54, 1.807) is 17.1 Å². The SMILES string of the molecule is N[C@@H](Cc1ccccc1)c1ccnn1-c1ccccn1. The van der Waals surface area contributed by atoms with E-state index in [1.807, 2.05) is 42.5 Å². The van der Waals surface area contributed by atoms with E-state index < -0.39 is 0 Å². The zero-order valence-electron chi connectivity index (χ0n) is 11.1. The number of aromatic nitrogens is 3. The minimum Gasteiger partial charge on any atom is -0.322 e. The van der Waals surface area contributed by atoms with Crippen LogP contribution in [0.5, 0.6) is 0 Å². The second-order valence-corrected chi connectivity index (χ2v) is 4.65. The van der Waals surface area contributed by atoms with Crippen molar-refractivity contribution in [2.24, 2.45) is 5.73 Å². The van der Waals surface area contributed by atoms with Crippen molar-refractivity contribution in [2.75, 3.05) is 0 Å². The molecule has 0 saturated carbocycles. The number of benzene rings is 1. The average Bonchev–Trinajstić information content (AvgIpc) is 2.99. The van der Waals surface area contributed by atoms with E-state index in [9.17, 15) is 0 Å². The number of hydrogen-bond acceptors (Lipinski definition) is 3. The first-order valence-electron chi connectivity index (χ1n) is 6.59. The average molecular weight is 264 g/mol. The van der Waals surface area contributed by atoms with Gasteiger partial charge >= 0.3 is 0 Å². The highest BCUT2D eigenvalue weighted by molar-refractivity contribution is 5.26. The van der Waals surface area contributed by atoms with Crippen LogP contribution in [0.2, 0.25) is 0 Å². The molecule has 0 amide bonds. The Morgan fingerprint density at radius 2 is 1.75 bits per heavy atom. The lowest BCUT2D eigenvalue weighted by molar-refractivity contribution is 0.648. The van der Waals surface area contributed by atoms with E-state index >= 15 is 0 Å². The molecule has 0 aliphatic heterocycles. The summed E-state index contributed by atoms with van der Waals surface area (Å²) >= 11 is 0. The maximum absolute atomic E-state index is 6.32. The summed E-state index contributed by atoms with van der Waals surface area (Å²) in [4.78, 5) is 4.32. The molecule has 2 heterocycles. The normalized spacial score (nSPS) is 12.2. The lowest BCUT2D eigenvalue weighted by Gasteiger charge is -2.13. The largest absolute Gasteiger partial charge is 0.322 e. The molecule has 0 radical (unpaired) electrons. The number of nitrogens with two attached hydrogens (primary N) is 1. The van der Waals surface area contributed by atoms with Crippen molar-refractivity contribution in [2.45, 2.75) is 12.5 Å². The molecule has 0 unspecified atom stereocenters. The molecule has 2 aromatic heterocycles. The van der Waals surface area contributed by atoms with Crippen LogP contribution in [-0.4, -0.2) is 14.8 Å². The van der Waals surface area contributed by atoms with Crippen LogP contribution in [0.25, 0.3) is 5.82 Å². The number of nitrogens with zero attached hydrogens (tertiary/aromatic N) is 3. The molecule has 0 bridgehead atoms. The van der Waals surface area contributed by atoms with Crippen molar-refractivity contribution in [3.8, 4) is 5.82 Å². The van der Waals surface area contributed by atoms with E-state index in [0.717, 1.165) is 17.9 Å². The van der Waals surface area contributed by atoms with Crippen LogP contribution in [0.4, 0.5) is 0 Å². The molecule has 4 heteroatoms. The lowest BCUT2D eigenvalue weighted by Crippen LogP contribution is -2.18. The maximum atomic E-state index is 6.32. The molecule has 1 atom stereocenters. The van der Waals surface area contributed by atoms with Crippen LogP contribution < -0.4 is 5.73 Å². The fraction of sp³-hybridized carbons (Fsp3) is 0.125. The smallest absolute Gasteiger partial charge is 0.153 e. The Kier molecular flexibility index (Phi) is 3.56. The van der Waals surface area contributed by atoms with Gasteiger partial charge in [-0.1, -0.05) is 36.4 Å². The lowest BCUT2D eigenvalue weighted by atomic mass is 10.0. The fourth-order valence-corrected chi connectivity index (χ4v) is 2.24. The van der Waals surface area contributed by atoms with Crippen molar-refractivity contribution in [3.63, 3.8) is 0 Å². The summed E-state index contributed by atoms with van der Waals surface area (Å²) in [5.41, 5.74) is 8.50. The van der Waals surface area contributed by atoms with Crippen molar-refractivity contribution in [3.05, 3.63) is 78.2 Å². The Hall–Kier alpha value is -2.46. The summed E-state index contributed by atoms with van der Waals surface area (Å²) < 4.78 is 1.80. The Balaban J connectivity index is 1.86. The van der Waals surface area contributed by atoms with E-state index in [2.05, 4.69) is 22.2 Å². The molecule has 100 valence electrons. The molecule has 0 saturated heterocycles. The van der Waals surface area contributed by atoms with Crippen LogP contribution in [0.3, 0.4) is 0 Å². The van der Waals surface area contributed by atoms with Gasteiger partial charge in [0.25, 0.3) is 0 Å². The molecule has 0 aliphatic rings. The quantitative estimate of drug-likeness (QED) is 0.787. The van der Waals surface area contributed by atoms with Crippen molar-refractivity contribution >= 4 is 0 Å². The van der Waals surface area contributed by atoms with Crippen molar-refractivity contribution < 1.29 is 0 Å². The van der Waals surface area contributed by atoms with Gasteiger partial charge in [0.1, 0.15) is 0 Å². The van der Waals surface area contributed by atoms with Crippen molar-refractivity contribution in [1.29, 1.82) is 0 Å². The summed E-state index contributed by atoms with van der Waals surface area (Å²) in [6, 6.07) is 17.8. The Bertz CT molecular complexity index is 661. The van der Waals surface area contributed by atoms with Gasteiger partial charge in [0, 0.05) is 12.4 Å². The molecule has 3 aromatic rings. The van der Waals surface area contributed by atoms with Crippen molar-refractivity contribution in [1.82, 2.24) is 14.8 Å². The minimum absolute atomic E-state index is 0.109. The van der Waals surface area contributed by atoms with E-state index in [1.165, 1.54) is 5.56 Å². The zero-order valence-corrected chi connectivity index (χ0v) is 11.1. The van der Waals surface area contributed by atoms with Gasteiger partial charge in [-0.2, -0.15) is 5.10 Å². The van der Waals surface area contributed by atoms with Gasteiger partial charge in [-0.15, -0.1) is 0 Å². The molecule has 4 nitrogen and oxygen atoms in total. The summed E-state index contributed by atoms with van der Waals surface area (Å²) in [6.07, 6.45) is 4.29. The summed E-state index contributed by atoms with van der Waals surface area (Å²) in [7, 11) is 0. The van der Waals surface area contributed by atoms with Gasteiger partial charge in [0.05, 0.1) is 11.7 Å².